The zero-order valence-corrected chi connectivity index (χ0v) is 14.2. The molecule has 23 heavy (non-hydrogen) atoms. The number of piperazine rings is 1. The number of hydrogen-bond acceptors (Lipinski definition) is 4. The fourth-order valence-electron chi connectivity index (χ4n) is 3.07. The first-order valence-corrected chi connectivity index (χ1v) is 8.41. The summed E-state index contributed by atoms with van der Waals surface area (Å²) in [6.07, 6.45) is 0.821. The first-order valence-electron chi connectivity index (χ1n) is 8.04. The highest BCUT2D eigenvalue weighted by molar-refractivity contribution is 6.30. The summed E-state index contributed by atoms with van der Waals surface area (Å²) in [6.45, 7) is 4.06. The molecule has 1 aromatic heterocycles. The van der Waals surface area contributed by atoms with Crippen LogP contribution < -0.4 is 0 Å². The molecule has 1 atom stereocenters. The van der Waals surface area contributed by atoms with E-state index >= 15 is 0 Å². The van der Waals surface area contributed by atoms with Crippen molar-refractivity contribution < 1.29 is 9.52 Å². The van der Waals surface area contributed by atoms with Gasteiger partial charge in [0.05, 0.1) is 6.54 Å². The Morgan fingerprint density at radius 3 is 2.70 bits per heavy atom. The Morgan fingerprint density at radius 1 is 1.17 bits per heavy atom. The molecule has 1 saturated heterocycles. The van der Waals surface area contributed by atoms with Crippen molar-refractivity contribution in [3.8, 4) is 11.3 Å². The lowest BCUT2D eigenvalue weighted by Gasteiger charge is -2.39. The van der Waals surface area contributed by atoms with Gasteiger partial charge in [0.25, 0.3) is 0 Å². The number of rotatable bonds is 5. The van der Waals surface area contributed by atoms with Gasteiger partial charge in [0.2, 0.25) is 0 Å². The highest BCUT2D eigenvalue weighted by atomic mass is 35.5. The molecule has 3 rings (SSSR count). The molecule has 0 aliphatic carbocycles. The van der Waals surface area contributed by atoms with Crippen molar-refractivity contribution in [1.29, 1.82) is 0 Å². The van der Waals surface area contributed by atoms with Crippen molar-refractivity contribution in [2.45, 2.75) is 19.0 Å². The zero-order chi connectivity index (χ0) is 16.2. The Morgan fingerprint density at radius 2 is 1.96 bits per heavy atom. The predicted molar refractivity (Wildman–Crippen MR) is 92.6 cm³/mol. The molecule has 1 aromatic carbocycles. The Labute approximate surface area is 142 Å². The van der Waals surface area contributed by atoms with E-state index in [1.54, 1.807) is 0 Å². The van der Waals surface area contributed by atoms with E-state index in [-0.39, 0.29) is 6.61 Å². The van der Waals surface area contributed by atoms with Gasteiger partial charge in [-0.15, -0.1) is 0 Å². The third kappa shape index (κ3) is 4.15. The lowest BCUT2D eigenvalue weighted by atomic mass is 10.1. The standard InChI is InChI=1S/C18H23ClN2O2/c1-20-9-10-21(12-16(20)8-11-22)13-17-6-7-18(23-17)14-2-4-15(19)5-3-14/h2-7,16,22H,8-13H2,1H3. The molecule has 1 N–H and O–H groups in total. The molecule has 124 valence electrons. The van der Waals surface area contributed by atoms with Crippen LogP contribution in [0, 0.1) is 0 Å². The van der Waals surface area contributed by atoms with Crippen LogP contribution in [0.15, 0.2) is 40.8 Å². The van der Waals surface area contributed by atoms with Crippen molar-refractivity contribution in [1.82, 2.24) is 9.80 Å². The fraction of sp³-hybridized carbons (Fsp3) is 0.444. The van der Waals surface area contributed by atoms with Gasteiger partial charge in [0, 0.05) is 42.9 Å². The molecule has 4 nitrogen and oxygen atoms in total. The van der Waals surface area contributed by atoms with Crippen LogP contribution >= 0.6 is 11.6 Å². The summed E-state index contributed by atoms with van der Waals surface area (Å²) in [5.41, 5.74) is 1.04. The van der Waals surface area contributed by atoms with Crippen molar-refractivity contribution in [2.75, 3.05) is 33.3 Å². The van der Waals surface area contributed by atoms with Crippen LogP contribution in [0.4, 0.5) is 0 Å². The van der Waals surface area contributed by atoms with Crippen LogP contribution in [-0.2, 0) is 6.54 Å². The van der Waals surface area contributed by atoms with Crippen LogP contribution in [0.3, 0.4) is 0 Å². The minimum Gasteiger partial charge on any atom is -0.460 e. The highest BCUT2D eigenvalue weighted by Gasteiger charge is 2.24. The molecule has 1 aliphatic heterocycles. The molecule has 2 aromatic rings. The summed E-state index contributed by atoms with van der Waals surface area (Å²) in [7, 11) is 2.13. The van der Waals surface area contributed by atoms with Crippen LogP contribution in [0.2, 0.25) is 5.02 Å². The number of halogens is 1. The van der Waals surface area contributed by atoms with Crippen molar-refractivity contribution >= 4 is 11.6 Å². The second kappa shape index (κ2) is 7.49. The second-order valence-corrected chi connectivity index (χ2v) is 6.59. The van der Waals surface area contributed by atoms with Crippen molar-refractivity contribution in [3.63, 3.8) is 0 Å². The minimum absolute atomic E-state index is 0.240. The number of benzene rings is 1. The van der Waals surface area contributed by atoms with Crippen LogP contribution in [0.5, 0.6) is 0 Å². The zero-order valence-electron chi connectivity index (χ0n) is 13.4. The number of hydrogen-bond donors (Lipinski definition) is 1. The molecule has 1 fully saturated rings. The highest BCUT2D eigenvalue weighted by Crippen LogP contribution is 2.25. The second-order valence-electron chi connectivity index (χ2n) is 6.15. The van der Waals surface area contributed by atoms with E-state index in [9.17, 15) is 5.11 Å². The van der Waals surface area contributed by atoms with E-state index in [0.29, 0.717) is 6.04 Å². The Bertz CT molecular complexity index is 626. The van der Waals surface area contributed by atoms with Crippen LogP contribution in [0.1, 0.15) is 12.2 Å². The summed E-state index contributed by atoms with van der Waals surface area (Å²) < 4.78 is 5.99. The summed E-state index contributed by atoms with van der Waals surface area (Å²) in [4.78, 5) is 4.72. The van der Waals surface area contributed by atoms with Gasteiger partial charge in [-0.25, -0.2) is 0 Å². The molecule has 0 saturated carbocycles. The van der Waals surface area contributed by atoms with Gasteiger partial charge in [-0.2, -0.15) is 0 Å². The van der Waals surface area contributed by atoms with Gasteiger partial charge in [0.15, 0.2) is 0 Å². The summed E-state index contributed by atoms with van der Waals surface area (Å²) >= 11 is 5.93. The maximum absolute atomic E-state index is 9.19. The maximum atomic E-state index is 9.19. The van der Waals surface area contributed by atoms with Crippen LogP contribution in [-0.4, -0.2) is 54.2 Å². The third-order valence-electron chi connectivity index (χ3n) is 4.49. The van der Waals surface area contributed by atoms with Crippen molar-refractivity contribution in [3.05, 3.63) is 47.2 Å². The van der Waals surface area contributed by atoms with Gasteiger partial charge in [0.1, 0.15) is 11.5 Å². The largest absolute Gasteiger partial charge is 0.460 e. The number of likely N-dealkylation sites (N-methyl/N-ethyl adjacent to an activating group) is 1. The quantitative estimate of drug-likeness (QED) is 0.912. The molecule has 0 bridgehead atoms. The minimum atomic E-state index is 0.240. The molecule has 2 heterocycles. The fourth-order valence-corrected chi connectivity index (χ4v) is 3.19. The van der Waals surface area contributed by atoms with E-state index < -0.39 is 0 Å². The van der Waals surface area contributed by atoms with E-state index in [2.05, 4.69) is 16.8 Å². The molecular weight excluding hydrogens is 312 g/mol. The molecule has 0 amide bonds. The summed E-state index contributed by atoms with van der Waals surface area (Å²) in [5, 5.41) is 9.92. The molecule has 0 spiro atoms. The summed E-state index contributed by atoms with van der Waals surface area (Å²) in [6, 6.07) is 12.2. The Kier molecular flexibility index (Phi) is 5.38. The summed E-state index contributed by atoms with van der Waals surface area (Å²) in [5.74, 6) is 1.85. The normalized spacial score (nSPS) is 20.0. The maximum Gasteiger partial charge on any atom is 0.134 e. The Balaban J connectivity index is 1.63. The van der Waals surface area contributed by atoms with Gasteiger partial charge < -0.3 is 14.4 Å². The van der Waals surface area contributed by atoms with Crippen molar-refractivity contribution in [2.24, 2.45) is 0 Å². The van der Waals surface area contributed by atoms with E-state index in [1.807, 2.05) is 36.4 Å². The number of nitrogens with zero attached hydrogens (tertiary/aromatic N) is 2. The van der Waals surface area contributed by atoms with Gasteiger partial charge in [-0.3, -0.25) is 4.90 Å². The van der Waals surface area contributed by atoms with E-state index in [1.165, 1.54) is 0 Å². The third-order valence-corrected chi connectivity index (χ3v) is 4.75. The first kappa shape index (κ1) is 16.5. The van der Waals surface area contributed by atoms with Crippen LogP contribution in [0.25, 0.3) is 11.3 Å². The molecule has 0 radical (unpaired) electrons. The molecule has 1 unspecified atom stereocenters. The lowest BCUT2D eigenvalue weighted by Crippen LogP contribution is -2.51. The molecule has 5 heteroatoms. The monoisotopic (exact) mass is 334 g/mol. The average molecular weight is 335 g/mol. The number of aliphatic hydroxyl groups excluding tert-OH is 1. The smallest absolute Gasteiger partial charge is 0.134 e. The topological polar surface area (TPSA) is 39.9 Å². The average Bonchev–Trinajstić information content (AvgIpc) is 3.00. The molecular formula is C18H23ClN2O2. The first-order chi connectivity index (χ1) is 11.2. The van der Waals surface area contributed by atoms with Gasteiger partial charge in [-0.1, -0.05) is 11.6 Å². The van der Waals surface area contributed by atoms with E-state index in [4.69, 9.17) is 16.0 Å². The SMILES string of the molecule is CN1CCN(Cc2ccc(-c3ccc(Cl)cc3)o2)CC1CCO. The predicted octanol–water partition coefficient (Wildman–Crippen LogP) is 3.10. The molecule has 1 aliphatic rings. The lowest BCUT2D eigenvalue weighted by molar-refractivity contribution is 0.0705. The number of furan rings is 1. The number of aliphatic hydroxyl groups is 1. The van der Waals surface area contributed by atoms with Gasteiger partial charge >= 0.3 is 0 Å². The van der Waals surface area contributed by atoms with E-state index in [0.717, 1.165) is 54.7 Å². The van der Waals surface area contributed by atoms with Gasteiger partial charge in [-0.05, 0) is 49.9 Å². The Hall–Kier alpha value is -1.33.